The SMILES string of the molecule is CC(C)(C)C(=O)Nc1cccc(C(=O)Nc2cccc(COCc3ccco3)c2)c1. The zero-order valence-corrected chi connectivity index (χ0v) is 17.4. The summed E-state index contributed by atoms with van der Waals surface area (Å²) in [6, 6.07) is 18.0. The van der Waals surface area contributed by atoms with Gasteiger partial charge in [0.15, 0.2) is 0 Å². The number of rotatable bonds is 7. The molecule has 2 N–H and O–H groups in total. The van der Waals surface area contributed by atoms with E-state index in [1.165, 1.54) is 0 Å². The third kappa shape index (κ3) is 6.06. The molecule has 30 heavy (non-hydrogen) atoms. The maximum absolute atomic E-state index is 12.7. The smallest absolute Gasteiger partial charge is 0.255 e. The van der Waals surface area contributed by atoms with Gasteiger partial charge < -0.3 is 19.8 Å². The molecule has 2 amide bonds. The van der Waals surface area contributed by atoms with Gasteiger partial charge >= 0.3 is 0 Å². The molecule has 0 aliphatic heterocycles. The number of hydrogen-bond donors (Lipinski definition) is 2. The molecule has 0 saturated heterocycles. The Morgan fingerprint density at radius 1 is 0.900 bits per heavy atom. The van der Waals surface area contributed by atoms with Crippen molar-refractivity contribution in [1.29, 1.82) is 0 Å². The topological polar surface area (TPSA) is 80.6 Å². The van der Waals surface area contributed by atoms with Gasteiger partial charge in [-0.05, 0) is 48.0 Å². The molecule has 0 aliphatic rings. The number of amides is 2. The van der Waals surface area contributed by atoms with E-state index in [0.717, 1.165) is 11.3 Å². The molecule has 1 aromatic heterocycles. The highest BCUT2D eigenvalue weighted by atomic mass is 16.5. The first kappa shape index (κ1) is 21.3. The van der Waals surface area contributed by atoms with E-state index in [4.69, 9.17) is 9.15 Å². The first-order valence-electron chi connectivity index (χ1n) is 9.73. The number of benzene rings is 2. The summed E-state index contributed by atoms with van der Waals surface area (Å²) in [6.07, 6.45) is 1.61. The zero-order valence-electron chi connectivity index (χ0n) is 17.4. The van der Waals surface area contributed by atoms with Crippen molar-refractivity contribution in [1.82, 2.24) is 0 Å². The molecule has 0 atom stereocenters. The summed E-state index contributed by atoms with van der Waals surface area (Å²) in [7, 11) is 0. The molecule has 156 valence electrons. The molecule has 0 bridgehead atoms. The fourth-order valence-electron chi connectivity index (χ4n) is 2.66. The Balaban J connectivity index is 1.60. The summed E-state index contributed by atoms with van der Waals surface area (Å²) < 4.78 is 10.9. The minimum absolute atomic E-state index is 0.109. The van der Waals surface area contributed by atoms with Crippen molar-refractivity contribution in [2.75, 3.05) is 10.6 Å². The number of nitrogens with one attached hydrogen (secondary N) is 2. The largest absolute Gasteiger partial charge is 0.467 e. The lowest BCUT2D eigenvalue weighted by molar-refractivity contribution is -0.123. The van der Waals surface area contributed by atoms with E-state index in [9.17, 15) is 9.59 Å². The Morgan fingerprint density at radius 3 is 2.33 bits per heavy atom. The average molecular weight is 406 g/mol. The molecule has 0 fully saturated rings. The van der Waals surface area contributed by atoms with Gasteiger partial charge in [0.2, 0.25) is 5.91 Å². The molecule has 6 nitrogen and oxygen atoms in total. The number of ether oxygens (including phenoxy) is 1. The molecule has 6 heteroatoms. The molecule has 2 aromatic carbocycles. The Hall–Kier alpha value is -3.38. The van der Waals surface area contributed by atoms with Gasteiger partial charge in [0, 0.05) is 22.4 Å². The Labute approximate surface area is 176 Å². The van der Waals surface area contributed by atoms with Gasteiger partial charge in [0.05, 0.1) is 12.9 Å². The van der Waals surface area contributed by atoms with E-state index in [0.29, 0.717) is 30.2 Å². The number of furan rings is 1. The second-order valence-electron chi connectivity index (χ2n) is 8.01. The van der Waals surface area contributed by atoms with E-state index in [-0.39, 0.29) is 11.8 Å². The van der Waals surface area contributed by atoms with Crippen LogP contribution in [0, 0.1) is 5.41 Å². The van der Waals surface area contributed by atoms with Crippen LogP contribution >= 0.6 is 0 Å². The van der Waals surface area contributed by atoms with Crippen molar-refractivity contribution in [3.05, 3.63) is 83.8 Å². The van der Waals surface area contributed by atoms with Crippen molar-refractivity contribution in [3.63, 3.8) is 0 Å². The molecule has 3 aromatic rings. The monoisotopic (exact) mass is 406 g/mol. The fourth-order valence-corrected chi connectivity index (χ4v) is 2.66. The second-order valence-corrected chi connectivity index (χ2v) is 8.01. The van der Waals surface area contributed by atoms with Crippen LogP contribution in [0.4, 0.5) is 11.4 Å². The van der Waals surface area contributed by atoms with Crippen LogP contribution in [-0.4, -0.2) is 11.8 Å². The third-order valence-corrected chi connectivity index (χ3v) is 4.34. The molecule has 0 saturated carbocycles. The van der Waals surface area contributed by atoms with Crippen LogP contribution in [-0.2, 0) is 22.7 Å². The summed E-state index contributed by atoms with van der Waals surface area (Å²) in [4.78, 5) is 24.8. The van der Waals surface area contributed by atoms with Crippen LogP contribution in [0.2, 0.25) is 0 Å². The number of carbonyl (C=O) groups is 2. The molecular weight excluding hydrogens is 380 g/mol. The van der Waals surface area contributed by atoms with Gasteiger partial charge in [0.1, 0.15) is 12.4 Å². The van der Waals surface area contributed by atoms with Crippen LogP contribution in [0.3, 0.4) is 0 Å². The lowest BCUT2D eigenvalue weighted by Gasteiger charge is -2.18. The minimum atomic E-state index is -0.516. The first-order valence-corrected chi connectivity index (χ1v) is 9.73. The van der Waals surface area contributed by atoms with Gasteiger partial charge in [0.25, 0.3) is 5.91 Å². The number of anilines is 2. The third-order valence-electron chi connectivity index (χ3n) is 4.34. The predicted molar refractivity (Wildman–Crippen MR) is 116 cm³/mol. The van der Waals surface area contributed by atoms with E-state index >= 15 is 0 Å². The lowest BCUT2D eigenvalue weighted by atomic mass is 9.95. The van der Waals surface area contributed by atoms with Crippen molar-refractivity contribution >= 4 is 23.2 Å². The van der Waals surface area contributed by atoms with Crippen molar-refractivity contribution in [3.8, 4) is 0 Å². The van der Waals surface area contributed by atoms with Gasteiger partial charge in [-0.15, -0.1) is 0 Å². The standard InChI is InChI=1S/C24H26N2O4/c1-24(2,3)23(28)26-20-10-5-8-18(14-20)22(27)25-19-9-4-7-17(13-19)15-29-16-21-11-6-12-30-21/h4-14H,15-16H2,1-3H3,(H,25,27)(H,26,28). The quantitative estimate of drug-likeness (QED) is 0.563. The van der Waals surface area contributed by atoms with Gasteiger partial charge in [-0.2, -0.15) is 0 Å². The summed E-state index contributed by atoms with van der Waals surface area (Å²) in [5.74, 6) is 0.399. The number of hydrogen-bond acceptors (Lipinski definition) is 4. The lowest BCUT2D eigenvalue weighted by Crippen LogP contribution is -2.27. The van der Waals surface area contributed by atoms with Crippen LogP contribution in [0.1, 0.15) is 42.5 Å². The predicted octanol–water partition coefficient (Wildman–Crippen LogP) is 5.23. The number of carbonyl (C=O) groups excluding carboxylic acids is 2. The highest BCUT2D eigenvalue weighted by Crippen LogP contribution is 2.19. The fraction of sp³-hybridized carbons (Fsp3) is 0.250. The molecule has 0 aliphatic carbocycles. The molecule has 0 spiro atoms. The summed E-state index contributed by atoms with van der Waals surface area (Å²) in [5.41, 5.74) is 2.13. The van der Waals surface area contributed by atoms with Gasteiger partial charge in [-0.3, -0.25) is 9.59 Å². The van der Waals surface area contributed by atoms with Gasteiger partial charge in [-0.25, -0.2) is 0 Å². The first-order chi connectivity index (χ1) is 14.3. The zero-order chi connectivity index (χ0) is 21.6. The molecule has 1 heterocycles. The summed E-state index contributed by atoms with van der Waals surface area (Å²) in [5, 5.41) is 5.73. The highest BCUT2D eigenvalue weighted by molar-refractivity contribution is 6.05. The van der Waals surface area contributed by atoms with E-state index in [2.05, 4.69) is 10.6 Å². The van der Waals surface area contributed by atoms with Crippen molar-refractivity contribution in [2.45, 2.75) is 34.0 Å². The Kier molecular flexibility index (Phi) is 6.69. The molecule has 3 rings (SSSR count). The Morgan fingerprint density at radius 2 is 1.63 bits per heavy atom. The molecule has 0 radical (unpaired) electrons. The summed E-state index contributed by atoms with van der Waals surface area (Å²) in [6.45, 7) is 6.30. The average Bonchev–Trinajstić information content (AvgIpc) is 3.21. The van der Waals surface area contributed by atoms with Crippen LogP contribution < -0.4 is 10.6 Å². The Bertz CT molecular complexity index is 1000. The van der Waals surface area contributed by atoms with Crippen LogP contribution in [0.25, 0.3) is 0 Å². The van der Waals surface area contributed by atoms with E-state index < -0.39 is 5.41 Å². The van der Waals surface area contributed by atoms with Crippen molar-refractivity contribution < 1.29 is 18.7 Å². The highest BCUT2D eigenvalue weighted by Gasteiger charge is 2.21. The van der Waals surface area contributed by atoms with E-state index in [1.807, 2.05) is 57.2 Å². The molecule has 0 unspecified atom stereocenters. The van der Waals surface area contributed by atoms with Gasteiger partial charge in [-0.1, -0.05) is 39.0 Å². The maximum atomic E-state index is 12.7. The second kappa shape index (κ2) is 9.41. The van der Waals surface area contributed by atoms with Crippen LogP contribution in [0.15, 0.2) is 71.3 Å². The van der Waals surface area contributed by atoms with Crippen molar-refractivity contribution in [2.24, 2.45) is 5.41 Å². The van der Waals surface area contributed by atoms with E-state index in [1.54, 1.807) is 30.5 Å². The normalized spacial score (nSPS) is 11.2. The maximum Gasteiger partial charge on any atom is 0.255 e. The minimum Gasteiger partial charge on any atom is -0.467 e. The molecular formula is C24H26N2O4. The van der Waals surface area contributed by atoms with Crippen LogP contribution in [0.5, 0.6) is 0 Å². The summed E-state index contributed by atoms with van der Waals surface area (Å²) >= 11 is 0.